The van der Waals surface area contributed by atoms with Crippen LogP contribution in [0, 0.1) is 0 Å². The number of hydrogen-bond acceptors (Lipinski definition) is 6. The number of unbranched alkanes of at least 4 members (excludes halogenated alkanes) is 2. The highest BCUT2D eigenvalue weighted by Crippen LogP contribution is 2.25. The molecule has 3 N–H and O–H groups in total. The number of hydrogen-bond donors (Lipinski definition) is 3. The van der Waals surface area contributed by atoms with Crippen LogP contribution in [0.4, 0.5) is 0 Å². The van der Waals surface area contributed by atoms with E-state index in [4.69, 9.17) is 14.7 Å². The normalized spacial score (nSPS) is 14.7. The molecule has 0 radical (unpaired) electrons. The number of fused-ring (bicyclic) bond motifs is 1. The van der Waals surface area contributed by atoms with Gasteiger partial charge in [0.15, 0.2) is 0 Å². The van der Waals surface area contributed by atoms with Crippen molar-refractivity contribution in [3.8, 4) is 5.75 Å². The minimum Gasteiger partial charge on any atom is -0.493 e. The highest BCUT2D eigenvalue weighted by Gasteiger charge is 2.13. The predicted molar refractivity (Wildman–Crippen MR) is 131 cm³/mol. The number of allylic oxidation sites excluding steroid dienone is 1. The SMILES string of the molecule is O=C(CCCC/C=C(\CCOc1cccc2ccccc12)C(=O)NCCN1CCOCC1)NO. The van der Waals surface area contributed by atoms with E-state index in [1.807, 2.05) is 48.5 Å². The quantitative estimate of drug-likeness (QED) is 0.180. The second kappa shape index (κ2) is 14.3. The first-order chi connectivity index (χ1) is 16.7. The zero-order valence-electron chi connectivity index (χ0n) is 19.6. The first-order valence-corrected chi connectivity index (χ1v) is 12.0. The van der Waals surface area contributed by atoms with Gasteiger partial charge in [-0.15, -0.1) is 0 Å². The Labute approximate surface area is 200 Å². The molecule has 2 aromatic rings. The fourth-order valence-corrected chi connectivity index (χ4v) is 3.93. The smallest absolute Gasteiger partial charge is 0.247 e. The zero-order chi connectivity index (χ0) is 24.0. The van der Waals surface area contributed by atoms with Gasteiger partial charge in [0.25, 0.3) is 0 Å². The van der Waals surface area contributed by atoms with Crippen LogP contribution in [0.3, 0.4) is 0 Å². The van der Waals surface area contributed by atoms with Crippen molar-refractivity contribution in [3.63, 3.8) is 0 Å². The van der Waals surface area contributed by atoms with Crippen molar-refractivity contribution in [3.05, 3.63) is 54.1 Å². The van der Waals surface area contributed by atoms with E-state index >= 15 is 0 Å². The third kappa shape index (κ3) is 8.44. The number of rotatable bonds is 13. The van der Waals surface area contributed by atoms with Gasteiger partial charge < -0.3 is 14.8 Å². The van der Waals surface area contributed by atoms with Gasteiger partial charge in [0, 0.05) is 50.0 Å². The maximum Gasteiger partial charge on any atom is 0.247 e. The van der Waals surface area contributed by atoms with Crippen molar-refractivity contribution in [1.82, 2.24) is 15.7 Å². The van der Waals surface area contributed by atoms with E-state index in [0.29, 0.717) is 38.0 Å². The van der Waals surface area contributed by atoms with E-state index < -0.39 is 5.91 Å². The Kier molecular flexibility index (Phi) is 10.8. The summed E-state index contributed by atoms with van der Waals surface area (Å²) in [5, 5.41) is 13.8. The Bertz CT molecular complexity index is 951. The van der Waals surface area contributed by atoms with Crippen LogP contribution in [0.5, 0.6) is 5.75 Å². The van der Waals surface area contributed by atoms with Crippen molar-refractivity contribution < 1.29 is 24.3 Å². The molecule has 1 aliphatic rings. The van der Waals surface area contributed by atoms with Gasteiger partial charge in [-0.25, -0.2) is 5.48 Å². The molecule has 0 bridgehead atoms. The Morgan fingerprint density at radius 1 is 1.06 bits per heavy atom. The second-order valence-electron chi connectivity index (χ2n) is 8.30. The van der Waals surface area contributed by atoms with Crippen LogP contribution in [0.25, 0.3) is 10.8 Å². The average molecular weight is 470 g/mol. The summed E-state index contributed by atoms with van der Waals surface area (Å²) in [6, 6.07) is 14.0. The molecule has 1 saturated heterocycles. The maximum absolute atomic E-state index is 12.9. The summed E-state index contributed by atoms with van der Waals surface area (Å²) < 4.78 is 11.4. The van der Waals surface area contributed by atoms with Gasteiger partial charge in [0.1, 0.15) is 5.75 Å². The lowest BCUT2D eigenvalue weighted by molar-refractivity contribution is -0.129. The van der Waals surface area contributed by atoms with Gasteiger partial charge >= 0.3 is 0 Å². The van der Waals surface area contributed by atoms with Crippen LogP contribution in [0.15, 0.2) is 54.1 Å². The van der Waals surface area contributed by atoms with Gasteiger partial charge in [-0.05, 0) is 30.7 Å². The Balaban J connectivity index is 1.53. The second-order valence-corrected chi connectivity index (χ2v) is 8.30. The van der Waals surface area contributed by atoms with Crippen LogP contribution >= 0.6 is 0 Å². The van der Waals surface area contributed by atoms with Crippen LogP contribution in [0.1, 0.15) is 32.1 Å². The number of benzene rings is 2. The molecule has 184 valence electrons. The van der Waals surface area contributed by atoms with E-state index in [1.165, 1.54) is 0 Å². The van der Waals surface area contributed by atoms with Crippen molar-refractivity contribution in [2.45, 2.75) is 32.1 Å². The van der Waals surface area contributed by atoms with Crippen molar-refractivity contribution in [2.75, 3.05) is 46.0 Å². The van der Waals surface area contributed by atoms with Gasteiger partial charge in [-0.3, -0.25) is 19.7 Å². The molecule has 8 heteroatoms. The van der Waals surface area contributed by atoms with Gasteiger partial charge in [0.2, 0.25) is 11.8 Å². The number of hydroxylamine groups is 1. The highest BCUT2D eigenvalue weighted by molar-refractivity contribution is 5.93. The summed E-state index contributed by atoms with van der Waals surface area (Å²) in [7, 11) is 0. The van der Waals surface area contributed by atoms with Crippen molar-refractivity contribution in [1.29, 1.82) is 0 Å². The lowest BCUT2D eigenvalue weighted by atomic mass is 10.1. The van der Waals surface area contributed by atoms with Crippen molar-refractivity contribution in [2.24, 2.45) is 0 Å². The molecule has 1 aliphatic heterocycles. The molecule has 1 fully saturated rings. The molecular formula is C26H35N3O5. The largest absolute Gasteiger partial charge is 0.493 e. The third-order valence-corrected chi connectivity index (χ3v) is 5.86. The average Bonchev–Trinajstić information content (AvgIpc) is 2.88. The Hall–Kier alpha value is -2.94. The number of nitrogens with zero attached hydrogens (tertiary/aromatic N) is 1. The molecule has 1 heterocycles. The standard InChI is InChI=1S/C26H35N3O5/c30-25(28-32)12-3-1-2-8-22(26(31)27-14-15-29-16-19-33-20-17-29)13-18-34-24-11-6-9-21-7-4-5-10-23(21)24/h4-11,32H,1-3,12-20H2,(H,27,31)(H,28,30)/b22-8+. The molecule has 0 atom stereocenters. The first-order valence-electron chi connectivity index (χ1n) is 12.0. The summed E-state index contributed by atoms with van der Waals surface area (Å²) in [5.74, 6) is 0.330. The molecule has 0 aliphatic carbocycles. The molecule has 0 unspecified atom stereocenters. The van der Waals surface area contributed by atoms with Crippen LogP contribution < -0.4 is 15.5 Å². The minimum absolute atomic E-state index is 0.0807. The van der Waals surface area contributed by atoms with Crippen LogP contribution in [-0.2, 0) is 14.3 Å². The van der Waals surface area contributed by atoms with Gasteiger partial charge in [-0.1, -0.05) is 42.5 Å². The lowest BCUT2D eigenvalue weighted by Gasteiger charge is -2.26. The molecule has 3 rings (SSSR count). The van der Waals surface area contributed by atoms with Crippen molar-refractivity contribution >= 4 is 22.6 Å². The van der Waals surface area contributed by atoms with E-state index in [9.17, 15) is 9.59 Å². The monoisotopic (exact) mass is 469 g/mol. The topological polar surface area (TPSA) is 100 Å². The number of nitrogens with one attached hydrogen (secondary N) is 2. The lowest BCUT2D eigenvalue weighted by Crippen LogP contribution is -2.41. The van der Waals surface area contributed by atoms with Crippen LogP contribution in [0.2, 0.25) is 0 Å². The molecule has 34 heavy (non-hydrogen) atoms. The number of amides is 2. The summed E-state index contributed by atoms with van der Waals surface area (Å²) in [4.78, 5) is 26.3. The van der Waals surface area contributed by atoms with E-state index in [1.54, 1.807) is 5.48 Å². The minimum atomic E-state index is -0.395. The summed E-state index contributed by atoms with van der Waals surface area (Å²) >= 11 is 0. The molecule has 8 nitrogen and oxygen atoms in total. The van der Waals surface area contributed by atoms with Crippen LogP contribution in [-0.4, -0.2) is 67.9 Å². The number of morpholine rings is 1. The van der Waals surface area contributed by atoms with Gasteiger partial charge in [-0.2, -0.15) is 0 Å². The molecule has 0 saturated carbocycles. The number of ether oxygens (including phenoxy) is 2. The Morgan fingerprint density at radius 2 is 1.85 bits per heavy atom. The van der Waals surface area contributed by atoms with E-state index in [-0.39, 0.29) is 12.3 Å². The summed E-state index contributed by atoms with van der Waals surface area (Å²) in [6.45, 7) is 5.02. The van der Waals surface area contributed by atoms with Gasteiger partial charge in [0.05, 0.1) is 19.8 Å². The van der Waals surface area contributed by atoms with E-state index in [2.05, 4.69) is 10.2 Å². The van der Waals surface area contributed by atoms with E-state index in [0.717, 1.165) is 55.8 Å². The molecule has 0 aromatic heterocycles. The summed E-state index contributed by atoms with van der Waals surface area (Å²) in [5.41, 5.74) is 2.33. The molecule has 2 amide bonds. The maximum atomic E-state index is 12.9. The summed E-state index contributed by atoms with van der Waals surface area (Å²) in [6.07, 6.45) is 4.76. The predicted octanol–water partition coefficient (Wildman–Crippen LogP) is 3.05. The molecular weight excluding hydrogens is 434 g/mol. The third-order valence-electron chi connectivity index (χ3n) is 5.86. The zero-order valence-corrected chi connectivity index (χ0v) is 19.6. The first kappa shape index (κ1) is 25.7. The fraction of sp³-hybridized carbons (Fsp3) is 0.462. The molecule has 2 aromatic carbocycles. The number of carbonyl (C=O) groups is 2. The highest BCUT2D eigenvalue weighted by atomic mass is 16.5. The Morgan fingerprint density at radius 3 is 2.68 bits per heavy atom. The molecule has 0 spiro atoms. The number of carbonyl (C=O) groups excluding carboxylic acids is 2. The fourth-order valence-electron chi connectivity index (χ4n) is 3.93.